The van der Waals surface area contributed by atoms with Crippen LogP contribution in [0.3, 0.4) is 0 Å². The second-order valence-corrected chi connectivity index (χ2v) is 20.4. The van der Waals surface area contributed by atoms with Crippen LogP contribution in [-0.4, -0.2) is 127 Å². The maximum absolute atomic E-state index is 13.1. The molecule has 2 aliphatic heterocycles. The average Bonchev–Trinajstić information content (AvgIpc) is 3.13. The van der Waals surface area contributed by atoms with Crippen LogP contribution < -0.4 is 0 Å². The quantitative estimate of drug-likeness (QED) is 0.137. The first-order valence-corrected chi connectivity index (χ1v) is 20.8. The van der Waals surface area contributed by atoms with Crippen molar-refractivity contribution >= 4 is 11.9 Å². The third kappa shape index (κ3) is 6.01. The van der Waals surface area contributed by atoms with E-state index in [1.165, 1.54) is 6.92 Å². The molecule has 19 atom stereocenters. The fraction of sp³-hybridized carbons (Fsp3) is 0.905. The van der Waals surface area contributed by atoms with Crippen LogP contribution in [0, 0.1) is 50.2 Å². The van der Waals surface area contributed by atoms with E-state index >= 15 is 0 Å². The van der Waals surface area contributed by atoms with E-state index in [-0.39, 0.29) is 40.1 Å². The summed E-state index contributed by atoms with van der Waals surface area (Å²) < 4.78 is 24.1. The van der Waals surface area contributed by atoms with Crippen LogP contribution in [0.1, 0.15) is 113 Å². The molecule has 0 bridgehead atoms. The second-order valence-electron chi connectivity index (χ2n) is 20.4. The number of ether oxygens (including phenoxy) is 4. The van der Waals surface area contributed by atoms with Gasteiger partial charge in [-0.25, -0.2) is 0 Å². The zero-order valence-electron chi connectivity index (χ0n) is 34.0. The molecule has 7 aliphatic rings. The fourth-order valence-corrected chi connectivity index (χ4v) is 13.6. The number of carboxylic acid groups (broad SMARTS) is 2. The van der Waals surface area contributed by atoms with Crippen LogP contribution in [-0.2, 0) is 28.5 Å². The highest BCUT2D eigenvalue weighted by molar-refractivity contribution is 5.79. The molecule has 0 aromatic heterocycles. The lowest BCUT2D eigenvalue weighted by molar-refractivity contribution is -0.367. The molecule has 0 amide bonds. The van der Waals surface area contributed by atoms with Gasteiger partial charge in [0, 0.05) is 0 Å². The molecule has 14 nitrogen and oxygen atoms in total. The molecule has 56 heavy (non-hydrogen) atoms. The minimum atomic E-state index is -1.67. The Morgan fingerprint density at radius 3 is 2.05 bits per heavy atom. The van der Waals surface area contributed by atoms with Crippen molar-refractivity contribution in [1.82, 2.24) is 0 Å². The van der Waals surface area contributed by atoms with E-state index in [1.807, 2.05) is 0 Å². The van der Waals surface area contributed by atoms with E-state index in [0.29, 0.717) is 32.1 Å². The monoisotopic (exact) mass is 794 g/mol. The van der Waals surface area contributed by atoms with Gasteiger partial charge in [-0.15, -0.1) is 0 Å². The van der Waals surface area contributed by atoms with Crippen molar-refractivity contribution in [1.29, 1.82) is 0 Å². The van der Waals surface area contributed by atoms with Gasteiger partial charge in [0.2, 0.25) is 0 Å². The van der Waals surface area contributed by atoms with Crippen molar-refractivity contribution in [3.05, 3.63) is 11.6 Å². The number of aliphatic carboxylic acids is 2. The number of fused-ring (bicyclic) bond motifs is 7. The first-order valence-electron chi connectivity index (χ1n) is 20.8. The standard InChI is InChI=1S/C42H66O14/c1-20-27(44)29(46)30(47)33(53-20)56-32-28(45)23(19-43)54-34(31(32)48)55-26-11-12-39(5)24(37(26,2)3)10-13-41(7)25(39)9-8-21-22-18-38(4,35(49)50)14-16-42(22,36(51)52)17-15-40(21,41)6/h8,20,22-34,43-48H,9-19H2,1-7H3,(H,49,50)(H,51,52)/t20-,22-,23+,24-,25+,26-,27-,28+,29+,30+,31+,32-,33-,34-,38+,39-,40+,41+,42-/m0/s1. The van der Waals surface area contributed by atoms with E-state index in [1.54, 1.807) is 6.92 Å². The van der Waals surface area contributed by atoms with Gasteiger partial charge in [0.25, 0.3) is 0 Å². The van der Waals surface area contributed by atoms with Gasteiger partial charge in [-0.1, -0.05) is 46.3 Å². The van der Waals surface area contributed by atoms with Crippen LogP contribution >= 0.6 is 0 Å². The number of carbonyl (C=O) groups is 2. The molecular weight excluding hydrogens is 728 g/mol. The zero-order chi connectivity index (χ0) is 41.1. The Hall–Kier alpha value is -1.72. The minimum absolute atomic E-state index is 0.122. The molecule has 7 rings (SSSR count). The van der Waals surface area contributed by atoms with E-state index in [9.17, 15) is 50.4 Å². The van der Waals surface area contributed by atoms with Gasteiger partial charge < -0.3 is 59.8 Å². The summed E-state index contributed by atoms with van der Waals surface area (Å²) in [7, 11) is 0. The Morgan fingerprint density at radius 2 is 1.41 bits per heavy atom. The lowest BCUT2D eigenvalue weighted by Crippen LogP contribution is -2.66. The van der Waals surface area contributed by atoms with Crippen LogP contribution in [0.2, 0.25) is 0 Å². The molecule has 0 spiro atoms. The Balaban J connectivity index is 1.13. The Morgan fingerprint density at radius 1 is 0.750 bits per heavy atom. The minimum Gasteiger partial charge on any atom is -0.481 e. The lowest BCUT2D eigenvalue weighted by atomic mass is 9.33. The number of hydrogen-bond acceptors (Lipinski definition) is 12. The Bertz CT molecular complexity index is 1570. The highest BCUT2D eigenvalue weighted by Gasteiger charge is 2.70. The van der Waals surface area contributed by atoms with Gasteiger partial charge in [0.15, 0.2) is 12.6 Å². The van der Waals surface area contributed by atoms with Crippen LogP contribution in [0.25, 0.3) is 0 Å². The highest BCUT2D eigenvalue weighted by Crippen LogP contribution is 2.76. The molecule has 4 saturated carbocycles. The number of rotatable bonds is 7. The maximum atomic E-state index is 13.1. The molecule has 14 heteroatoms. The van der Waals surface area contributed by atoms with Crippen molar-refractivity contribution in [3.8, 4) is 0 Å². The Kier molecular flexibility index (Phi) is 10.8. The first-order chi connectivity index (χ1) is 26.0. The number of allylic oxidation sites excluding steroid dienone is 2. The third-order valence-electron chi connectivity index (χ3n) is 17.5. The van der Waals surface area contributed by atoms with Gasteiger partial charge in [-0.2, -0.15) is 0 Å². The molecule has 5 aliphatic carbocycles. The molecular formula is C42H66O14. The molecule has 2 saturated heterocycles. The van der Waals surface area contributed by atoms with Crippen molar-refractivity contribution in [2.24, 2.45) is 50.2 Å². The molecule has 0 radical (unpaired) electrons. The normalized spacial score (nSPS) is 54.1. The van der Waals surface area contributed by atoms with Crippen LogP contribution in [0.5, 0.6) is 0 Å². The first kappa shape index (κ1) is 42.4. The van der Waals surface area contributed by atoms with E-state index in [0.717, 1.165) is 37.7 Å². The molecule has 0 aromatic carbocycles. The van der Waals surface area contributed by atoms with Gasteiger partial charge in [0.1, 0.15) is 42.7 Å². The fourth-order valence-electron chi connectivity index (χ4n) is 13.6. The SMILES string of the molecule is C[C@@H]1O[C@@H](O[C@@H]2[C@@H](O)[C@H](O[C@H]3CC[C@]4(C)[C@H]5CC=C6[C@@H]7C[C@](C)(C(=O)O)CC[C@]7(C(=O)O)CC[C@@]6(C)[C@]5(C)CC[C@H]4C3(C)C)O[C@H](CO)[C@H]2O)[C@H](O)[C@H](O)[C@H]1O. The summed E-state index contributed by atoms with van der Waals surface area (Å²) in [6, 6.07) is 0. The van der Waals surface area contributed by atoms with Crippen LogP contribution in [0.15, 0.2) is 11.6 Å². The Labute approximate surface area is 329 Å². The van der Waals surface area contributed by atoms with Crippen molar-refractivity contribution < 1.29 is 69.4 Å². The largest absolute Gasteiger partial charge is 0.481 e. The summed E-state index contributed by atoms with van der Waals surface area (Å²) in [4.78, 5) is 25.6. The smallest absolute Gasteiger partial charge is 0.310 e. The molecule has 8 N–H and O–H groups in total. The second kappa shape index (κ2) is 14.2. The predicted octanol–water partition coefficient (Wildman–Crippen LogP) is 2.97. The number of carboxylic acids is 2. The lowest BCUT2D eigenvalue weighted by Gasteiger charge is -2.71. The topological polar surface area (TPSA) is 233 Å². The summed E-state index contributed by atoms with van der Waals surface area (Å²) in [5, 5.41) is 84.9. The van der Waals surface area contributed by atoms with E-state index in [2.05, 4.69) is 40.7 Å². The molecule has 2 heterocycles. The van der Waals surface area contributed by atoms with Gasteiger partial charge in [-0.3, -0.25) is 9.59 Å². The van der Waals surface area contributed by atoms with Crippen molar-refractivity contribution in [3.63, 3.8) is 0 Å². The third-order valence-corrected chi connectivity index (χ3v) is 17.5. The summed E-state index contributed by atoms with van der Waals surface area (Å²) in [5.74, 6) is -1.52. The maximum Gasteiger partial charge on any atom is 0.310 e. The molecule has 318 valence electrons. The molecule has 6 fully saturated rings. The van der Waals surface area contributed by atoms with E-state index < -0.39 is 96.2 Å². The average molecular weight is 795 g/mol. The number of aliphatic hydroxyl groups excluding tert-OH is 6. The van der Waals surface area contributed by atoms with Crippen molar-refractivity contribution in [2.45, 2.75) is 180 Å². The van der Waals surface area contributed by atoms with Gasteiger partial charge >= 0.3 is 11.9 Å². The summed E-state index contributed by atoms with van der Waals surface area (Å²) in [5.41, 5.74) is -1.75. The van der Waals surface area contributed by atoms with Gasteiger partial charge in [-0.05, 0) is 117 Å². The van der Waals surface area contributed by atoms with Crippen LogP contribution in [0.4, 0.5) is 0 Å². The zero-order valence-corrected chi connectivity index (χ0v) is 34.0. The predicted molar refractivity (Wildman–Crippen MR) is 198 cm³/mol. The number of aliphatic hydroxyl groups is 6. The molecule has 0 aromatic rings. The van der Waals surface area contributed by atoms with Gasteiger partial charge in [0.05, 0.1) is 29.6 Å². The molecule has 0 unspecified atom stereocenters. The number of hydrogen-bond donors (Lipinski definition) is 8. The summed E-state index contributed by atoms with van der Waals surface area (Å²) >= 11 is 0. The summed E-state index contributed by atoms with van der Waals surface area (Å²) in [6.45, 7) is 14.2. The summed E-state index contributed by atoms with van der Waals surface area (Å²) in [6.07, 6.45) is -5.74. The highest BCUT2D eigenvalue weighted by atomic mass is 16.7. The van der Waals surface area contributed by atoms with E-state index in [4.69, 9.17) is 18.9 Å². The van der Waals surface area contributed by atoms with Crippen molar-refractivity contribution in [2.75, 3.05) is 6.61 Å².